The molecule has 32 heavy (non-hydrogen) atoms. The number of hydrogen-bond acceptors (Lipinski definition) is 8. The van der Waals surface area contributed by atoms with E-state index in [4.69, 9.17) is 10.5 Å². The lowest BCUT2D eigenvalue weighted by Gasteiger charge is -2.40. The standard InChI is InChI=1S/C20H25F2N7O3/c1-11(18(30)26-15-4-5-16(28-27-15)32-10-12-2-3-12)29-7-6-20(21,22)13(9-29)14-8-24-19(31)17(23)25-14/h4-5,8,11-13H,2-3,6-7,9-10H2,1H3,(H2,23,25)(H,24,31)(H,26,27,30)/t11-,13+/m0/s1. The third-order valence-electron chi connectivity index (χ3n) is 5.83. The number of nitrogens with two attached hydrogens (primary N) is 1. The topological polar surface area (TPSA) is 139 Å². The predicted molar refractivity (Wildman–Crippen MR) is 111 cm³/mol. The van der Waals surface area contributed by atoms with Crippen LogP contribution in [-0.4, -0.2) is 62.6 Å². The number of aromatic amines is 1. The minimum Gasteiger partial charge on any atom is -0.476 e. The number of halogens is 2. The number of carbonyl (C=O) groups is 1. The van der Waals surface area contributed by atoms with Gasteiger partial charge >= 0.3 is 0 Å². The van der Waals surface area contributed by atoms with E-state index in [9.17, 15) is 18.4 Å². The van der Waals surface area contributed by atoms with E-state index in [1.165, 1.54) is 0 Å². The maximum absolute atomic E-state index is 14.6. The fourth-order valence-corrected chi connectivity index (χ4v) is 3.55. The van der Waals surface area contributed by atoms with Gasteiger partial charge in [0, 0.05) is 31.8 Å². The van der Waals surface area contributed by atoms with Gasteiger partial charge in [0.05, 0.1) is 24.3 Å². The number of ether oxygens (including phenoxy) is 1. The summed E-state index contributed by atoms with van der Waals surface area (Å²) in [5.41, 5.74) is 4.84. The van der Waals surface area contributed by atoms with Crippen LogP contribution in [0.4, 0.5) is 20.4 Å². The average Bonchev–Trinajstić information content (AvgIpc) is 3.59. The normalized spacial score (nSPS) is 21.7. The van der Waals surface area contributed by atoms with Gasteiger partial charge in [-0.2, -0.15) is 0 Å². The molecular weight excluding hydrogens is 424 g/mol. The number of aromatic nitrogens is 4. The van der Waals surface area contributed by atoms with E-state index in [0.717, 1.165) is 19.0 Å². The maximum Gasteiger partial charge on any atom is 0.290 e. The van der Waals surface area contributed by atoms with Crippen molar-refractivity contribution >= 4 is 17.5 Å². The van der Waals surface area contributed by atoms with Crippen LogP contribution in [0, 0.1) is 5.92 Å². The molecule has 1 aliphatic heterocycles. The second-order valence-corrected chi connectivity index (χ2v) is 8.27. The van der Waals surface area contributed by atoms with Crippen LogP contribution in [0.5, 0.6) is 5.88 Å². The molecule has 0 radical (unpaired) electrons. The highest BCUT2D eigenvalue weighted by Crippen LogP contribution is 2.40. The Kier molecular flexibility index (Phi) is 6.04. The summed E-state index contributed by atoms with van der Waals surface area (Å²) in [6, 6.07) is 2.50. The number of nitrogen functional groups attached to an aromatic ring is 1. The van der Waals surface area contributed by atoms with Crippen molar-refractivity contribution in [3.05, 3.63) is 34.4 Å². The first kappa shape index (κ1) is 22.1. The Morgan fingerprint density at radius 1 is 1.41 bits per heavy atom. The molecule has 4 rings (SSSR count). The van der Waals surface area contributed by atoms with Gasteiger partial charge in [0.2, 0.25) is 11.8 Å². The fraction of sp³-hybridized carbons (Fsp3) is 0.550. The summed E-state index contributed by atoms with van der Waals surface area (Å²) in [6.07, 6.45) is 3.01. The van der Waals surface area contributed by atoms with Gasteiger partial charge in [-0.3, -0.25) is 14.5 Å². The molecule has 12 heteroatoms. The molecule has 1 saturated heterocycles. The smallest absolute Gasteiger partial charge is 0.290 e. The summed E-state index contributed by atoms with van der Waals surface area (Å²) in [4.78, 5) is 31.9. The number of hydrogen-bond donors (Lipinski definition) is 3. The van der Waals surface area contributed by atoms with Crippen molar-refractivity contribution in [3.63, 3.8) is 0 Å². The first-order chi connectivity index (χ1) is 15.2. The Morgan fingerprint density at radius 3 is 2.84 bits per heavy atom. The first-order valence-electron chi connectivity index (χ1n) is 10.5. The third-order valence-corrected chi connectivity index (χ3v) is 5.83. The summed E-state index contributed by atoms with van der Waals surface area (Å²) in [7, 11) is 0. The molecule has 1 aliphatic carbocycles. The lowest BCUT2D eigenvalue weighted by Crippen LogP contribution is -2.52. The molecule has 3 heterocycles. The molecule has 2 aromatic heterocycles. The minimum absolute atomic E-state index is 0.0166. The van der Waals surface area contributed by atoms with Crippen LogP contribution >= 0.6 is 0 Å². The summed E-state index contributed by atoms with van der Waals surface area (Å²) >= 11 is 0. The summed E-state index contributed by atoms with van der Waals surface area (Å²) in [6.45, 7) is 2.13. The Hall–Kier alpha value is -3.15. The SMILES string of the molecule is C[C@@H](C(=O)Nc1ccc(OCC2CC2)nn1)N1CCC(F)(F)[C@@H](c2c[nH]c(=O)c(N)n2)C1. The average molecular weight is 449 g/mol. The Labute approximate surface area is 182 Å². The molecule has 1 amide bonds. The Morgan fingerprint density at radius 2 is 2.19 bits per heavy atom. The molecule has 0 spiro atoms. The number of piperidine rings is 1. The number of carbonyl (C=O) groups excluding carboxylic acids is 1. The van der Waals surface area contributed by atoms with Crippen molar-refractivity contribution in [3.8, 4) is 5.88 Å². The highest BCUT2D eigenvalue weighted by atomic mass is 19.3. The highest BCUT2D eigenvalue weighted by molar-refractivity contribution is 5.93. The number of anilines is 2. The molecule has 10 nitrogen and oxygen atoms in total. The largest absolute Gasteiger partial charge is 0.476 e. The van der Waals surface area contributed by atoms with Crippen LogP contribution in [0.3, 0.4) is 0 Å². The van der Waals surface area contributed by atoms with Crippen molar-refractivity contribution in [2.75, 3.05) is 30.7 Å². The molecule has 4 N–H and O–H groups in total. The minimum atomic E-state index is -3.05. The van der Waals surface area contributed by atoms with Crippen LogP contribution in [-0.2, 0) is 4.79 Å². The monoisotopic (exact) mass is 449 g/mol. The van der Waals surface area contributed by atoms with Gasteiger partial charge in [0.25, 0.3) is 11.5 Å². The number of nitrogens with one attached hydrogen (secondary N) is 2. The summed E-state index contributed by atoms with van der Waals surface area (Å²) in [5.74, 6) is -3.92. The number of nitrogens with zero attached hydrogens (tertiary/aromatic N) is 4. The molecule has 2 aliphatic rings. The third kappa shape index (κ3) is 5.01. The lowest BCUT2D eigenvalue weighted by molar-refractivity contribution is -0.125. The van der Waals surface area contributed by atoms with Gasteiger partial charge in [-0.15, -0.1) is 10.2 Å². The summed E-state index contributed by atoms with van der Waals surface area (Å²) < 4.78 is 34.7. The number of H-pyrrole nitrogens is 1. The Bertz CT molecular complexity index is 1030. The highest BCUT2D eigenvalue weighted by Gasteiger charge is 2.47. The first-order valence-corrected chi connectivity index (χ1v) is 10.5. The number of amides is 1. The lowest BCUT2D eigenvalue weighted by atomic mass is 9.90. The second kappa shape index (κ2) is 8.77. The zero-order valence-electron chi connectivity index (χ0n) is 17.6. The molecule has 0 unspecified atom stereocenters. The van der Waals surface area contributed by atoms with Crippen molar-refractivity contribution in [1.82, 2.24) is 25.1 Å². The van der Waals surface area contributed by atoms with Gasteiger partial charge < -0.3 is 20.8 Å². The molecule has 0 aromatic carbocycles. The van der Waals surface area contributed by atoms with Crippen LogP contribution in [0.2, 0.25) is 0 Å². The van der Waals surface area contributed by atoms with Crippen molar-refractivity contribution < 1.29 is 18.3 Å². The molecule has 2 fully saturated rings. The Balaban J connectivity index is 1.39. The van der Waals surface area contributed by atoms with E-state index >= 15 is 0 Å². The van der Waals surface area contributed by atoms with Crippen LogP contribution in [0.1, 0.15) is 37.8 Å². The molecule has 2 aromatic rings. The van der Waals surface area contributed by atoms with E-state index in [-0.39, 0.29) is 30.4 Å². The maximum atomic E-state index is 14.6. The van der Waals surface area contributed by atoms with E-state index in [1.807, 2.05) is 0 Å². The number of likely N-dealkylation sites (tertiary alicyclic amines) is 1. The second-order valence-electron chi connectivity index (χ2n) is 8.27. The van der Waals surface area contributed by atoms with Crippen LogP contribution in [0.25, 0.3) is 0 Å². The van der Waals surface area contributed by atoms with E-state index in [2.05, 4.69) is 25.5 Å². The molecule has 2 atom stereocenters. The van der Waals surface area contributed by atoms with Gasteiger partial charge in [-0.1, -0.05) is 0 Å². The van der Waals surface area contributed by atoms with Gasteiger partial charge in [-0.05, 0) is 31.7 Å². The van der Waals surface area contributed by atoms with E-state index in [1.54, 1.807) is 24.0 Å². The predicted octanol–water partition coefficient (Wildman–Crippen LogP) is 1.38. The zero-order chi connectivity index (χ0) is 22.9. The van der Waals surface area contributed by atoms with Crippen molar-refractivity contribution in [2.45, 2.75) is 44.1 Å². The van der Waals surface area contributed by atoms with E-state index < -0.39 is 35.8 Å². The van der Waals surface area contributed by atoms with Gasteiger partial charge in [0.1, 0.15) is 0 Å². The van der Waals surface area contributed by atoms with Gasteiger partial charge in [0.15, 0.2) is 11.6 Å². The van der Waals surface area contributed by atoms with Gasteiger partial charge in [-0.25, -0.2) is 13.8 Å². The number of rotatable bonds is 7. The van der Waals surface area contributed by atoms with Crippen molar-refractivity contribution in [2.24, 2.45) is 5.92 Å². The van der Waals surface area contributed by atoms with Crippen molar-refractivity contribution in [1.29, 1.82) is 0 Å². The van der Waals surface area contributed by atoms with Crippen LogP contribution in [0.15, 0.2) is 23.1 Å². The fourth-order valence-electron chi connectivity index (χ4n) is 3.55. The molecular formula is C20H25F2N7O3. The van der Waals surface area contributed by atoms with E-state index in [0.29, 0.717) is 18.4 Å². The quantitative estimate of drug-likeness (QED) is 0.576. The molecule has 172 valence electrons. The zero-order valence-corrected chi connectivity index (χ0v) is 17.6. The number of alkyl halides is 2. The summed E-state index contributed by atoms with van der Waals surface area (Å²) in [5, 5.41) is 10.5. The molecule has 0 bridgehead atoms. The van der Waals surface area contributed by atoms with Crippen LogP contribution < -0.4 is 21.3 Å². The molecule has 1 saturated carbocycles.